The number of aliphatic hydroxyl groups is 1. The molecule has 3 aromatic rings. The lowest BCUT2D eigenvalue weighted by Crippen LogP contribution is -2.20. The first-order valence-corrected chi connectivity index (χ1v) is 7.72. The average Bonchev–Trinajstić information content (AvgIpc) is 2.93. The van der Waals surface area contributed by atoms with E-state index in [1.54, 1.807) is 30.3 Å². The molecule has 0 fully saturated rings. The van der Waals surface area contributed by atoms with Crippen LogP contribution in [0.4, 0.5) is 5.69 Å². The van der Waals surface area contributed by atoms with Gasteiger partial charge in [0.15, 0.2) is 6.10 Å². The Balaban J connectivity index is 1.80. The number of carbonyl (C=O) groups excluding carboxylic acids is 1. The molecule has 1 unspecified atom stereocenters. The third-order valence-corrected chi connectivity index (χ3v) is 3.73. The number of carbonyl (C=O) groups is 1. The Kier molecular flexibility index (Phi) is 4.44. The smallest absolute Gasteiger partial charge is 0.257 e. The van der Waals surface area contributed by atoms with Crippen LogP contribution < -0.4 is 5.32 Å². The Hall–Kier alpha value is -2.92. The highest BCUT2D eigenvalue weighted by atomic mass is 16.3. The molecule has 0 spiro atoms. The molecular formula is C19H19N3O2. The second-order valence-corrected chi connectivity index (χ2v) is 5.69. The van der Waals surface area contributed by atoms with Crippen LogP contribution in [0.2, 0.25) is 0 Å². The maximum absolute atomic E-state index is 12.2. The number of amides is 1. The van der Waals surface area contributed by atoms with E-state index >= 15 is 0 Å². The number of aryl methyl sites for hydroxylation is 2. The number of aliphatic hydroxyl groups excluding tert-OH is 1. The molecule has 0 bridgehead atoms. The normalized spacial score (nSPS) is 12.0. The third-order valence-electron chi connectivity index (χ3n) is 3.73. The second-order valence-electron chi connectivity index (χ2n) is 5.69. The number of aromatic nitrogens is 2. The lowest BCUT2D eigenvalue weighted by atomic mass is 10.1. The average molecular weight is 321 g/mol. The quantitative estimate of drug-likeness (QED) is 0.775. The largest absolute Gasteiger partial charge is 0.378 e. The van der Waals surface area contributed by atoms with Crippen molar-refractivity contribution in [2.45, 2.75) is 20.0 Å². The topological polar surface area (TPSA) is 67.2 Å². The molecule has 0 radical (unpaired) electrons. The highest BCUT2D eigenvalue weighted by Gasteiger charge is 2.17. The molecule has 0 aliphatic heterocycles. The van der Waals surface area contributed by atoms with Gasteiger partial charge in [-0.25, -0.2) is 4.68 Å². The SMILES string of the molecule is Cc1cc(C)n(-c2cccc(NC(=O)C(O)c3ccccc3)c2)n1. The summed E-state index contributed by atoms with van der Waals surface area (Å²) in [5.74, 6) is -0.466. The van der Waals surface area contributed by atoms with Crippen molar-refractivity contribution in [2.24, 2.45) is 0 Å². The van der Waals surface area contributed by atoms with Crippen LogP contribution >= 0.6 is 0 Å². The Morgan fingerprint density at radius 1 is 1.08 bits per heavy atom. The summed E-state index contributed by atoms with van der Waals surface area (Å²) in [5.41, 5.74) is 3.97. The van der Waals surface area contributed by atoms with Gasteiger partial charge in [-0.1, -0.05) is 36.4 Å². The molecule has 0 aliphatic rings. The Morgan fingerprint density at radius 3 is 2.50 bits per heavy atom. The fraction of sp³-hybridized carbons (Fsp3) is 0.158. The molecule has 0 aliphatic carbocycles. The van der Waals surface area contributed by atoms with Gasteiger partial charge in [0.1, 0.15) is 0 Å². The van der Waals surface area contributed by atoms with Gasteiger partial charge in [-0.05, 0) is 43.7 Å². The Morgan fingerprint density at radius 2 is 1.83 bits per heavy atom. The van der Waals surface area contributed by atoms with E-state index in [4.69, 9.17) is 0 Å². The van der Waals surface area contributed by atoms with Crippen molar-refractivity contribution in [2.75, 3.05) is 5.32 Å². The molecule has 5 heteroatoms. The summed E-state index contributed by atoms with van der Waals surface area (Å²) >= 11 is 0. The van der Waals surface area contributed by atoms with Gasteiger partial charge >= 0.3 is 0 Å². The highest BCUT2D eigenvalue weighted by Crippen LogP contribution is 2.19. The molecule has 1 aromatic heterocycles. The van der Waals surface area contributed by atoms with E-state index in [0.29, 0.717) is 11.3 Å². The zero-order valence-corrected chi connectivity index (χ0v) is 13.6. The highest BCUT2D eigenvalue weighted by molar-refractivity contribution is 5.94. The molecule has 5 nitrogen and oxygen atoms in total. The molecule has 1 atom stereocenters. The Labute approximate surface area is 140 Å². The maximum Gasteiger partial charge on any atom is 0.257 e. The van der Waals surface area contributed by atoms with E-state index in [0.717, 1.165) is 17.1 Å². The molecule has 3 rings (SSSR count). The summed E-state index contributed by atoms with van der Waals surface area (Å²) in [6.07, 6.45) is -1.21. The van der Waals surface area contributed by atoms with Crippen molar-refractivity contribution in [1.82, 2.24) is 9.78 Å². The molecular weight excluding hydrogens is 302 g/mol. The Bertz CT molecular complexity index is 856. The molecule has 2 aromatic carbocycles. The van der Waals surface area contributed by atoms with E-state index < -0.39 is 12.0 Å². The van der Waals surface area contributed by atoms with Crippen LogP contribution in [0.5, 0.6) is 0 Å². The summed E-state index contributed by atoms with van der Waals surface area (Å²) < 4.78 is 1.82. The van der Waals surface area contributed by atoms with Gasteiger partial charge in [-0.15, -0.1) is 0 Å². The van der Waals surface area contributed by atoms with Crippen molar-refractivity contribution < 1.29 is 9.90 Å². The van der Waals surface area contributed by atoms with Gasteiger partial charge in [0, 0.05) is 11.4 Å². The van der Waals surface area contributed by atoms with Crippen LogP contribution in [0.25, 0.3) is 5.69 Å². The fourth-order valence-electron chi connectivity index (χ4n) is 2.60. The van der Waals surface area contributed by atoms with Crippen LogP contribution in [0.1, 0.15) is 23.1 Å². The van der Waals surface area contributed by atoms with Gasteiger partial charge in [0.25, 0.3) is 5.91 Å². The minimum atomic E-state index is -1.21. The lowest BCUT2D eigenvalue weighted by molar-refractivity contribution is -0.124. The summed E-state index contributed by atoms with van der Waals surface area (Å²) in [4.78, 5) is 12.2. The first kappa shape index (κ1) is 16.0. The van der Waals surface area contributed by atoms with Crippen molar-refractivity contribution in [3.8, 4) is 5.69 Å². The summed E-state index contributed by atoms with van der Waals surface area (Å²) in [5, 5.41) is 17.3. The first-order valence-electron chi connectivity index (χ1n) is 7.72. The first-order chi connectivity index (χ1) is 11.5. The summed E-state index contributed by atoms with van der Waals surface area (Å²) in [6.45, 7) is 3.91. The van der Waals surface area contributed by atoms with Crippen molar-refractivity contribution in [3.63, 3.8) is 0 Å². The van der Waals surface area contributed by atoms with Crippen LogP contribution in [0.3, 0.4) is 0 Å². The zero-order valence-electron chi connectivity index (χ0n) is 13.6. The van der Waals surface area contributed by atoms with Crippen LogP contribution in [-0.4, -0.2) is 20.8 Å². The standard InChI is InChI=1S/C19H19N3O2/c1-13-11-14(2)22(21-13)17-10-6-9-16(12-17)20-19(24)18(23)15-7-4-3-5-8-15/h3-12,18,23H,1-2H3,(H,20,24). The van der Waals surface area contributed by atoms with Crippen molar-refractivity contribution in [1.29, 1.82) is 0 Å². The number of nitrogens with one attached hydrogen (secondary N) is 1. The van der Waals surface area contributed by atoms with E-state index in [-0.39, 0.29) is 0 Å². The second kappa shape index (κ2) is 6.68. The van der Waals surface area contributed by atoms with Crippen LogP contribution in [0.15, 0.2) is 60.7 Å². The predicted molar refractivity (Wildman–Crippen MR) is 93.1 cm³/mol. The monoisotopic (exact) mass is 321 g/mol. The van der Waals surface area contributed by atoms with Crippen molar-refractivity contribution in [3.05, 3.63) is 77.6 Å². The minimum Gasteiger partial charge on any atom is -0.378 e. The van der Waals surface area contributed by atoms with E-state index in [2.05, 4.69) is 10.4 Å². The maximum atomic E-state index is 12.2. The molecule has 24 heavy (non-hydrogen) atoms. The van der Waals surface area contributed by atoms with Gasteiger partial charge in [0.05, 0.1) is 11.4 Å². The predicted octanol–water partition coefficient (Wildman–Crippen LogP) is 3.16. The summed E-state index contributed by atoms with van der Waals surface area (Å²) in [6, 6.07) is 18.2. The van der Waals surface area contributed by atoms with Gasteiger partial charge in [-0.3, -0.25) is 4.79 Å². The van der Waals surface area contributed by atoms with Gasteiger partial charge < -0.3 is 10.4 Å². The molecule has 0 saturated heterocycles. The number of hydrogen-bond acceptors (Lipinski definition) is 3. The summed E-state index contributed by atoms with van der Waals surface area (Å²) in [7, 11) is 0. The molecule has 122 valence electrons. The van der Waals surface area contributed by atoms with E-state index in [1.807, 2.05) is 48.9 Å². The molecule has 2 N–H and O–H groups in total. The minimum absolute atomic E-state index is 0.466. The number of hydrogen-bond donors (Lipinski definition) is 2. The third kappa shape index (κ3) is 3.36. The van der Waals surface area contributed by atoms with Gasteiger partial charge in [-0.2, -0.15) is 5.10 Å². The molecule has 1 amide bonds. The number of anilines is 1. The van der Waals surface area contributed by atoms with Gasteiger partial charge in [0.2, 0.25) is 0 Å². The van der Waals surface area contributed by atoms with E-state index in [9.17, 15) is 9.90 Å². The number of benzene rings is 2. The van der Waals surface area contributed by atoms with Crippen molar-refractivity contribution >= 4 is 11.6 Å². The molecule has 0 saturated carbocycles. The zero-order chi connectivity index (χ0) is 17.1. The molecule has 1 heterocycles. The lowest BCUT2D eigenvalue weighted by Gasteiger charge is -2.13. The van der Waals surface area contributed by atoms with Crippen LogP contribution in [0, 0.1) is 13.8 Å². The fourth-order valence-corrected chi connectivity index (χ4v) is 2.60. The number of rotatable bonds is 4. The van der Waals surface area contributed by atoms with E-state index in [1.165, 1.54) is 0 Å². The number of nitrogens with zero attached hydrogens (tertiary/aromatic N) is 2. The van der Waals surface area contributed by atoms with Crippen LogP contribution in [-0.2, 0) is 4.79 Å².